The van der Waals surface area contributed by atoms with Crippen LogP contribution in [-0.2, 0) is 12.0 Å². The van der Waals surface area contributed by atoms with Crippen LogP contribution in [0.5, 0.6) is 11.5 Å². The second-order valence-corrected chi connectivity index (χ2v) is 8.66. The van der Waals surface area contributed by atoms with Crippen molar-refractivity contribution in [3.63, 3.8) is 0 Å². The van der Waals surface area contributed by atoms with Gasteiger partial charge in [0.2, 0.25) is 6.79 Å². The molecule has 0 unspecified atom stereocenters. The van der Waals surface area contributed by atoms with Gasteiger partial charge < -0.3 is 20.1 Å². The Morgan fingerprint density at radius 2 is 2.07 bits per heavy atom. The zero-order valence-corrected chi connectivity index (χ0v) is 17.6. The highest BCUT2D eigenvalue weighted by Crippen LogP contribution is 2.49. The Hall–Kier alpha value is -2.28. The summed E-state index contributed by atoms with van der Waals surface area (Å²) < 4.78 is 11.0. The molecule has 7 heteroatoms. The van der Waals surface area contributed by atoms with Crippen molar-refractivity contribution in [1.82, 2.24) is 15.6 Å². The molecule has 0 radical (unpaired) electrons. The minimum Gasteiger partial charge on any atom is -0.454 e. The number of hydrogen-bond acceptors (Lipinski definition) is 5. The lowest BCUT2D eigenvalue weighted by Crippen LogP contribution is -2.41. The van der Waals surface area contributed by atoms with Gasteiger partial charge in [0.15, 0.2) is 17.5 Å². The fraction of sp³-hybridized carbons (Fsp3) is 0.524. The Labute approximate surface area is 170 Å². The van der Waals surface area contributed by atoms with E-state index in [-0.39, 0.29) is 5.41 Å². The van der Waals surface area contributed by atoms with Crippen molar-refractivity contribution in [1.29, 1.82) is 0 Å². The van der Waals surface area contributed by atoms with Gasteiger partial charge in [-0.15, -0.1) is 11.3 Å². The Morgan fingerprint density at radius 1 is 1.25 bits per heavy atom. The van der Waals surface area contributed by atoms with Crippen LogP contribution in [0.4, 0.5) is 0 Å². The van der Waals surface area contributed by atoms with Gasteiger partial charge in [0.25, 0.3) is 0 Å². The summed E-state index contributed by atoms with van der Waals surface area (Å²) in [7, 11) is 0. The molecular weight excluding hydrogens is 372 g/mol. The highest BCUT2D eigenvalue weighted by atomic mass is 32.1. The third kappa shape index (κ3) is 4.09. The number of rotatable bonds is 7. The molecule has 0 amide bonds. The monoisotopic (exact) mass is 400 g/mol. The fourth-order valence-electron chi connectivity index (χ4n) is 3.35. The summed E-state index contributed by atoms with van der Waals surface area (Å²) in [6, 6.07) is 6.31. The number of aliphatic imine (C=N–C) groups is 1. The minimum absolute atomic E-state index is 0.156. The summed E-state index contributed by atoms with van der Waals surface area (Å²) in [6.07, 6.45) is 2.34. The topological polar surface area (TPSA) is 67.8 Å². The lowest BCUT2D eigenvalue weighted by Gasteiger charge is -2.19. The van der Waals surface area contributed by atoms with Crippen LogP contribution in [0.25, 0.3) is 0 Å². The Morgan fingerprint density at radius 3 is 2.79 bits per heavy atom. The number of aromatic nitrogens is 1. The average Bonchev–Trinajstić information content (AvgIpc) is 3.11. The van der Waals surface area contributed by atoms with Crippen LogP contribution in [0.15, 0.2) is 28.6 Å². The quantitative estimate of drug-likeness (QED) is 0.547. The molecule has 0 bridgehead atoms. The molecule has 1 aromatic heterocycles. The molecule has 2 aliphatic rings. The van der Waals surface area contributed by atoms with Crippen molar-refractivity contribution in [2.75, 3.05) is 19.9 Å². The second-order valence-electron chi connectivity index (χ2n) is 7.72. The number of hydrogen-bond donors (Lipinski definition) is 2. The first-order valence-corrected chi connectivity index (χ1v) is 10.8. The summed E-state index contributed by atoms with van der Waals surface area (Å²) >= 11 is 1.68. The molecular formula is C21H28N4O2S. The molecule has 0 saturated heterocycles. The molecule has 28 heavy (non-hydrogen) atoms. The number of benzene rings is 1. The van der Waals surface area contributed by atoms with Crippen LogP contribution in [0.2, 0.25) is 0 Å². The van der Waals surface area contributed by atoms with Crippen LogP contribution in [0.3, 0.4) is 0 Å². The highest BCUT2D eigenvalue weighted by molar-refractivity contribution is 7.09. The SMILES string of the molecule is CCNC(=NCc1nc(C(C)C)cs1)NCC1(c2ccc3c(c2)OCO3)CC1. The zero-order valence-electron chi connectivity index (χ0n) is 16.7. The van der Waals surface area contributed by atoms with Crippen molar-refractivity contribution in [3.8, 4) is 11.5 Å². The van der Waals surface area contributed by atoms with E-state index in [9.17, 15) is 0 Å². The molecule has 2 N–H and O–H groups in total. The second kappa shape index (κ2) is 7.99. The summed E-state index contributed by atoms with van der Waals surface area (Å²) in [5, 5.41) is 10.1. The third-order valence-electron chi connectivity index (χ3n) is 5.31. The van der Waals surface area contributed by atoms with E-state index in [0.717, 1.165) is 41.2 Å². The van der Waals surface area contributed by atoms with E-state index in [0.29, 0.717) is 19.3 Å². The van der Waals surface area contributed by atoms with Crippen LogP contribution in [-0.4, -0.2) is 30.8 Å². The number of fused-ring (bicyclic) bond motifs is 1. The van der Waals surface area contributed by atoms with Gasteiger partial charge in [-0.05, 0) is 43.4 Å². The zero-order chi connectivity index (χ0) is 19.6. The maximum absolute atomic E-state index is 5.55. The van der Waals surface area contributed by atoms with Gasteiger partial charge in [0, 0.05) is 23.9 Å². The molecule has 4 rings (SSSR count). The van der Waals surface area contributed by atoms with Gasteiger partial charge in [-0.2, -0.15) is 0 Å². The number of ether oxygens (including phenoxy) is 2. The molecule has 6 nitrogen and oxygen atoms in total. The molecule has 0 atom stereocenters. The minimum atomic E-state index is 0.156. The van der Waals surface area contributed by atoms with Crippen LogP contribution in [0, 0.1) is 0 Å². The number of guanidine groups is 1. The average molecular weight is 401 g/mol. The fourth-order valence-corrected chi connectivity index (χ4v) is 4.23. The molecule has 1 aromatic carbocycles. The standard InChI is InChI=1S/C21H28N4O2S/c1-4-22-20(23-10-19-25-16(11-28-19)14(2)3)24-12-21(7-8-21)15-5-6-17-18(9-15)27-13-26-17/h5-6,9,11,14H,4,7-8,10,12-13H2,1-3H3,(H2,22,23,24). The van der Waals surface area contributed by atoms with Gasteiger partial charge in [-0.25, -0.2) is 9.98 Å². The predicted octanol–water partition coefficient (Wildman–Crippen LogP) is 3.78. The maximum Gasteiger partial charge on any atom is 0.231 e. The van der Waals surface area contributed by atoms with Crippen LogP contribution < -0.4 is 20.1 Å². The van der Waals surface area contributed by atoms with Gasteiger partial charge in [-0.3, -0.25) is 0 Å². The summed E-state index contributed by atoms with van der Waals surface area (Å²) in [4.78, 5) is 9.41. The Bertz CT molecular complexity index is 858. The summed E-state index contributed by atoms with van der Waals surface area (Å²) in [5.74, 6) is 2.99. The molecule has 2 aromatic rings. The van der Waals surface area contributed by atoms with Crippen molar-refractivity contribution in [2.45, 2.75) is 51.5 Å². The lowest BCUT2D eigenvalue weighted by molar-refractivity contribution is 0.174. The summed E-state index contributed by atoms with van der Waals surface area (Å²) in [6.45, 7) is 9.02. The summed E-state index contributed by atoms with van der Waals surface area (Å²) in [5.41, 5.74) is 2.61. The smallest absolute Gasteiger partial charge is 0.231 e. The van der Waals surface area contributed by atoms with Gasteiger partial charge in [0.1, 0.15) is 5.01 Å². The molecule has 0 spiro atoms. The number of nitrogens with one attached hydrogen (secondary N) is 2. The van der Waals surface area contributed by atoms with E-state index < -0.39 is 0 Å². The first-order valence-electron chi connectivity index (χ1n) is 9.96. The molecule has 1 fully saturated rings. The lowest BCUT2D eigenvalue weighted by atomic mass is 9.95. The maximum atomic E-state index is 5.55. The third-order valence-corrected chi connectivity index (χ3v) is 6.16. The van der Waals surface area contributed by atoms with E-state index in [2.05, 4.69) is 53.9 Å². The molecule has 2 heterocycles. The first kappa shape index (κ1) is 19.1. The van der Waals surface area contributed by atoms with Crippen molar-refractivity contribution < 1.29 is 9.47 Å². The molecule has 1 aliphatic carbocycles. The van der Waals surface area contributed by atoms with E-state index >= 15 is 0 Å². The van der Waals surface area contributed by atoms with Gasteiger partial charge in [-0.1, -0.05) is 19.9 Å². The van der Waals surface area contributed by atoms with E-state index in [1.54, 1.807) is 11.3 Å². The Kier molecular flexibility index (Phi) is 5.44. The normalized spacial score (nSPS) is 17.1. The highest BCUT2D eigenvalue weighted by Gasteiger charge is 2.44. The van der Waals surface area contributed by atoms with Crippen molar-refractivity contribution in [2.24, 2.45) is 4.99 Å². The molecule has 1 saturated carbocycles. The largest absolute Gasteiger partial charge is 0.454 e. The number of thiazole rings is 1. The van der Waals surface area contributed by atoms with Crippen LogP contribution >= 0.6 is 11.3 Å². The Balaban J connectivity index is 1.40. The van der Waals surface area contributed by atoms with E-state index in [4.69, 9.17) is 14.5 Å². The number of nitrogens with zero attached hydrogens (tertiary/aromatic N) is 2. The predicted molar refractivity (Wildman–Crippen MR) is 112 cm³/mol. The van der Waals surface area contributed by atoms with E-state index in [1.807, 2.05) is 6.07 Å². The van der Waals surface area contributed by atoms with Crippen molar-refractivity contribution >= 4 is 17.3 Å². The van der Waals surface area contributed by atoms with Crippen molar-refractivity contribution in [3.05, 3.63) is 39.8 Å². The molecule has 150 valence electrons. The van der Waals surface area contributed by atoms with Gasteiger partial charge >= 0.3 is 0 Å². The molecule has 1 aliphatic heterocycles. The van der Waals surface area contributed by atoms with E-state index in [1.165, 1.54) is 18.4 Å². The van der Waals surface area contributed by atoms with Crippen LogP contribution in [0.1, 0.15) is 55.8 Å². The first-order chi connectivity index (χ1) is 13.6. The van der Waals surface area contributed by atoms with Gasteiger partial charge in [0.05, 0.1) is 12.2 Å².